The molecule has 0 aliphatic carbocycles. The van der Waals surface area contributed by atoms with E-state index in [-0.39, 0.29) is 11.7 Å². The van der Waals surface area contributed by atoms with E-state index in [1.165, 1.54) is 10.5 Å². The SMILES string of the molecule is CCc1ccc(-c2ccc(C(=O)N3CCC[C@@H]3C(=O)O)o2)cc1. The van der Waals surface area contributed by atoms with Gasteiger partial charge in [0.2, 0.25) is 0 Å². The molecule has 120 valence electrons. The van der Waals surface area contributed by atoms with Gasteiger partial charge in [-0.05, 0) is 37.0 Å². The molecule has 23 heavy (non-hydrogen) atoms. The number of aliphatic carboxylic acids is 1. The summed E-state index contributed by atoms with van der Waals surface area (Å²) in [5, 5.41) is 9.19. The molecule has 3 rings (SSSR count). The molecular weight excluding hydrogens is 294 g/mol. The summed E-state index contributed by atoms with van der Waals surface area (Å²) in [6.45, 7) is 2.55. The third-order valence-electron chi connectivity index (χ3n) is 4.26. The van der Waals surface area contributed by atoms with Crippen molar-refractivity contribution in [3.05, 3.63) is 47.7 Å². The first-order chi connectivity index (χ1) is 11.1. The number of rotatable bonds is 4. The third kappa shape index (κ3) is 2.99. The van der Waals surface area contributed by atoms with Crippen LogP contribution in [0.4, 0.5) is 0 Å². The van der Waals surface area contributed by atoms with Crippen LogP contribution < -0.4 is 0 Å². The number of aryl methyl sites for hydroxylation is 1. The summed E-state index contributed by atoms with van der Waals surface area (Å²) >= 11 is 0. The van der Waals surface area contributed by atoms with Gasteiger partial charge in [-0.25, -0.2) is 4.79 Å². The normalized spacial score (nSPS) is 17.4. The number of carbonyl (C=O) groups excluding carboxylic acids is 1. The van der Waals surface area contributed by atoms with Crippen molar-refractivity contribution in [2.45, 2.75) is 32.2 Å². The Kier molecular flexibility index (Phi) is 4.19. The van der Waals surface area contributed by atoms with Gasteiger partial charge in [0.1, 0.15) is 11.8 Å². The fourth-order valence-electron chi connectivity index (χ4n) is 2.92. The van der Waals surface area contributed by atoms with Gasteiger partial charge in [-0.3, -0.25) is 4.79 Å². The zero-order chi connectivity index (χ0) is 16.4. The molecule has 5 nitrogen and oxygen atoms in total. The van der Waals surface area contributed by atoms with Crippen molar-refractivity contribution in [1.82, 2.24) is 4.90 Å². The summed E-state index contributed by atoms with van der Waals surface area (Å²) in [5.41, 5.74) is 2.13. The molecule has 1 aliphatic heterocycles. The van der Waals surface area contributed by atoms with Gasteiger partial charge in [0.05, 0.1) is 0 Å². The summed E-state index contributed by atoms with van der Waals surface area (Å²) in [4.78, 5) is 25.1. The monoisotopic (exact) mass is 313 g/mol. The van der Waals surface area contributed by atoms with E-state index in [1.807, 2.05) is 24.3 Å². The lowest BCUT2D eigenvalue weighted by molar-refractivity contribution is -0.141. The number of carbonyl (C=O) groups is 2. The van der Waals surface area contributed by atoms with Crippen LogP contribution in [0.25, 0.3) is 11.3 Å². The highest BCUT2D eigenvalue weighted by Gasteiger charge is 2.35. The molecular formula is C18H19NO4. The second-order valence-electron chi connectivity index (χ2n) is 5.71. The first-order valence-electron chi connectivity index (χ1n) is 7.83. The van der Waals surface area contributed by atoms with Gasteiger partial charge in [-0.2, -0.15) is 0 Å². The van der Waals surface area contributed by atoms with Gasteiger partial charge in [-0.1, -0.05) is 31.2 Å². The number of furan rings is 1. The van der Waals surface area contributed by atoms with E-state index in [2.05, 4.69) is 6.92 Å². The molecule has 0 spiro atoms. The minimum atomic E-state index is -0.960. The van der Waals surface area contributed by atoms with E-state index in [0.717, 1.165) is 12.0 Å². The summed E-state index contributed by atoms with van der Waals surface area (Å²) in [6, 6.07) is 10.6. The Morgan fingerprint density at radius 1 is 1.22 bits per heavy atom. The Morgan fingerprint density at radius 3 is 2.61 bits per heavy atom. The molecule has 1 aliphatic rings. The van der Waals surface area contributed by atoms with Crippen molar-refractivity contribution >= 4 is 11.9 Å². The highest BCUT2D eigenvalue weighted by Crippen LogP contribution is 2.26. The molecule has 1 fully saturated rings. The van der Waals surface area contributed by atoms with Crippen LogP contribution in [0.15, 0.2) is 40.8 Å². The predicted octanol–water partition coefficient (Wildman–Crippen LogP) is 3.20. The smallest absolute Gasteiger partial charge is 0.326 e. The Bertz CT molecular complexity index is 717. The van der Waals surface area contributed by atoms with Crippen LogP contribution in [-0.2, 0) is 11.2 Å². The fraction of sp³-hybridized carbons (Fsp3) is 0.333. The number of amides is 1. The van der Waals surface area contributed by atoms with Crippen molar-refractivity contribution in [3.8, 4) is 11.3 Å². The highest BCUT2D eigenvalue weighted by atomic mass is 16.4. The van der Waals surface area contributed by atoms with E-state index in [4.69, 9.17) is 4.42 Å². The van der Waals surface area contributed by atoms with Gasteiger partial charge in [0.15, 0.2) is 5.76 Å². The van der Waals surface area contributed by atoms with Crippen molar-refractivity contribution in [3.63, 3.8) is 0 Å². The number of carboxylic acid groups (broad SMARTS) is 1. The van der Waals surface area contributed by atoms with E-state index in [1.54, 1.807) is 12.1 Å². The van der Waals surface area contributed by atoms with Crippen molar-refractivity contribution < 1.29 is 19.1 Å². The quantitative estimate of drug-likeness (QED) is 0.941. The molecule has 1 saturated heterocycles. The average Bonchev–Trinajstić information content (AvgIpc) is 3.23. The Labute approximate surface area is 134 Å². The molecule has 0 radical (unpaired) electrons. The molecule has 0 bridgehead atoms. The van der Waals surface area contributed by atoms with Crippen molar-refractivity contribution in [1.29, 1.82) is 0 Å². The van der Waals surface area contributed by atoms with E-state index < -0.39 is 12.0 Å². The topological polar surface area (TPSA) is 70.8 Å². The molecule has 2 aromatic rings. The zero-order valence-corrected chi connectivity index (χ0v) is 13.0. The van der Waals surface area contributed by atoms with Crippen LogP contribution >= 0.6 is 0 Å². The molecule has 1 aromatic carbocycles. The number of hydrogen-bond acceptors (Lipinski definition) is 3. The molecule has 1 atom stereocenters. The molecule has 1 amide bonds. The Morgan fingerprint density at radius 2 is 1.96 bits per heavy atom. The molecule has 1 N–H and O–H groups in total. The van der Waals surface area contributed by atoms with Crippen LogP contribution in [0.5, 0.6) is 0 Å². The van der Waals surface area contributed by atoms with Gasteiger partial charge < -0.3 is 14.4 Å². The number of hydrogen-bond donors (Lipinski definition) is 1. The van der Waals surface area contributed by atoms with E-state index >= 15 is 0 Å². The number of carboxylic acids is 1. The van der Waals surface area contributed by atoms with Crippen LogP contribution in [-0.4, -0.2) is 34.5 Å². The van der Waals surface area contributed by atoms with Gasteiger partial charge in [0, 0.05) is 12.1 Å². The summed E-state index contributed by atoms with van der Waals surface area (Å²) in [6.07, 6.45) is 2.16. The summed E-state index contributed by atoms with van der Waals surface area (Å²) in [7, 11) is 0. The first-order valence-corrected chi connectivity index (χ1v) is 7.83. The maximum Gasteiger partial charge on any atom is 0.326 e. The number of benzene rings is 1. The minimum absolute atomic E-state index is 0.188. The van der Waals surface area contributed by atoms with Gasteiger partial charge in [0.25, 0.3) is 5.91 Å². The number of likely N-dealkylation sites (tertiary alicyclic amines) is 1. The van der Waals surface area contributed by atoms with E-state index in [9.17, 15) is 14.7 Å². The standard InChI is InChI=1S/C18H19NO4/c1-2-12-5-7-13(8-6-12)15-9-10-16(23-15)17(20)19-11-3-4-14(19)18(21)22/h5-10,14H,2-4,11H2,1H3,(H,21,22)/t14-/m1/s1. The molecule has 1 aromatic heterocycles. The van der Waals surface area contributed by atoms with Crippen LogP contribution in [0.1, 0.15) is 35.9 Å². The van der Waals surface area contributed by atoms with Crippen LogP contribution in [0, 0.1) is 0 Å². The second-order valence-corrected chi connectivity index (χ2v) is 5.71. The largest absolute Gasteiger partial charge is 0.480 e. The molecule has 0 unspecified atom stereocenters. The van der Waals surface area contributed by atoms with Crippen molar-refractivity contribution in [2.75, 3.05) is 6.54 Å². The predicted molar refractivity (Wildman–Crippen MR) is 85.2 cm³/mol. The number of nitrogens with zero attached hydrogens (tertiary/aromatic N) is 1. The maximum atomic E-state index is 12.5. The first kappa shape index (κ1) is 15.3. The molecule has 0 saturated carbocycles. The average molecular weight is 313 g/mol. The summed E-state index contributed by atoms with van der Waals surface area (Å²) in [5.74, 6) is -0.515. The molecule has 5 heteroatoms. The third-order valence-corrected chi connectivity index (χ3v) is 4.26. The lowest BCUT2D eigenvalue weighted by Gasteiger charge is -2.19. The maximum absolute atomic E-state index is 12.5. The van der Waals surface area contributed by atoms with Crippen molar-refractivity contribution in [2.24, 2.45) is 0 Å². The Balaban J connectivity index is 1.80. The second kappa shape index (κ2) is 6.28. The lowest BCUT2D eigenvalue weighted by atomic mass is 10.1. The Hall–Kier alpha value is -2.56. The minimum Gasteiger partial charge on any atom is -0.480 e. The fourth-order valence-corrected chi connectivity index (χ4v) is 2.92. The highest BCUT2D eigenvalue weighted by molar-refractivity contribution is 5.95. The zero-order valence-electron chi connectivity index (χ0n) is 13.0. The lowest BCUT2D eigenvalue weighted by Crippen LogP contribution is -2.40. The van der Waals surface area contributed by atoms with Gasteiger partial charge in [-0.15, -0.1) is 0 Å². The van der Waals surface area contributed by atoms with E-state index in [0.29, 0.717) is 25.1 Å². The van der Waals surface area contributed by atoms with Crippen LogP contribution in [0.2, 0.25) is 0 Å². The summed E-state index contributed by atoms with van der Waals surface area (Å²) < 4.78 is 5.66. The van der Waals surface area contributed by atoms with Gasteiger partial charge >= 0.3 is 5.97 Å². The van der Waals surface area contributed by atoms with Crippen LogP contribution in [0.3, 0.4) is 0 Å². The molecule has 2 heterocycles.